The summed E-state index contributed by atoms with van der Waals surface area (Å²) >= 11 is 0. The van der Waals surface area contributed by atoms with E-state index in [2.05, 4.69) is 9.97 Å². The normalized spacial score (nSPS) is 14.8. The minimum absolute atomic E-state index is 0.0505. The van der Waals surface area contributed by atoms with Crippen molar-refractivity contribution >= 4 is 16.9 Å². The Balaban J connectivity index is 2.07. The fourth-order valence-corrected chi connectivity index (χ4v) is 2.26. The number of carbonyl (C=O) groups is 1. The smallest absolute Gasteiger partial charge is 0.324 e. The summed E-state index contributed by atoms with van der Waals surface area (Å²) in [6, 6.07) is 0. The molecule has 0 aliphatic heterocycles. The number of ketones is 1. The lowest BCUT2D eigenvalue weighted by molar-refractivity contribution is -0.117. The molecule has 3 rings (SSSR count). The van der Waals surface area contributed by atoms with Crippen molar-refractivity contribution < 1.29 is 4.79 Å². The number of hydrogen-bond donors (Lipinski definition) is 1. The number of nitrogens with zero attached hydrogens (tertiary/aromatic N) is 3. The molecule has 0 saturated heterocycles. The third-order valence-electron chi connectivity index (χ3n) is 3.60. The van der Waals surface area contributed by atoms with Gasteiger partial charge in [-0.15, -0.1) is 0 Å². The molecule has 1 aliphatic carbocycles. The van der Waals surface area contributed by atoms with E-state index in [9.17, 15) is 14.4 Å². The van der Waals surface area contributed by atoms with E-state index < -0.39 is 5.69 Å². The highest BCUT2D eigenvalue weighted by Gasteiger charge is 2.24. The molecule has 0 amide bonds. The number of nitrogens with one attached hydrogen (secondary N) is 1. The zero-order valence-corrected chi connectivity index (χ0v) is 11.3. The SMILES string of the molecule is CC(=O)CCn1cnc2[nH]c(=O)n(CC3CC3)c(=O)c21. The topological polar surface area (TPSA) is 89.8 Å². The van der Waals surface area contributed by atoms with Crippen molar-refractivity contribution in [3.63, 3.8) is 0 Å². The monoisotopic (exact) mass is 276 g/mol. The standard InChI is InChI=1S/C13H16N4O3/c1-8(18)4-5-16-7-14-11-10(16)12(19)17(13(20)15-11)6-9-2-3-9/h7,9H,2-6H2,1H3,(H,15,20). The van der Waals surface area contributed by atoms with Crippen LogP contribution < -0.4 is 11.2 Å². The Hall–Kier alpha value is -2.18. The van der Waals surface area contributed by atoms with Crippen molar-refractivity contribution in [2.24, 2.45) is 5.92 Å². The second-order valence-electron chi connectivity index (χ2n) is 5.38. The molecule has 0 unspecified atom stereocenters. The lowest BCUT2D eigenvalue weighted by Gasteiger charge is -2.05. The predicted octanol–water partition coefficient (Wildman–Crippen LogP) is 0.275. The lowest BCUT2D eigenvalue weighted by Crippen LogP contribution is -2.36. The molecule has 0 spiro atoms. The van der Waals surface area contributed by atoms with Crippen molar-refractivity contribution in [2.75, 3.05) is 0 Å². The van der Waals surface area contributed by atoms with Gasteiger partial charge in [-0.1, -0.05) is 0 Å². The molecule has 106 valence electrons. The number of carbonyl (C=O) groups excluding carboxylic acids is 1. The first kappa shape index (κ1) is 12.8. The molecule has 0 radical (unpaired) electrons. The number of fused-ring (bicyclic) bond motifs is 1. The summed E-state index contributed by atoms with van der Waals surface area (Å²) in [5, 5.41) is 0. The highest BCUT2D eigenvalue weighted by molar-refractivity contribution is 5.75. The van der Waals surface area contributed by atoms with Crippen LogP contribution in [-0.4, -0.2) is 24.9 Å². The maximum Gasteiger partial charge on any atom is 0.330 e. The number of imidazole rings is 1. The number of Topliss-reactive ketones (excluding diaryl/α,β-unsaturated/α-hetero) is 1. The van der Waals surface area contributed by atoms with Gasteiger partial charge in [0.05, 0.1) is 6.33 Å². The van der Waals surface area contributed by atoms with Crippen LogP contribution in [0.2, 0.25) is 0 Å². The molecule has 2 aromatic rings. The van der Waals surface area contributed by atoms with Crippen LogP contribution in [0.1, 0.15) is 26.2 Å². The average molecular weight is 276 g/mol. The van der Waals surface area contributed by atoms with Crippen LogP contribution in [-0.2, 0) is 17.9 Å². The summed E-state index contributed by atoms with van der Waals surface area (Å²) in [7, 11) is 0. The highest BCUT2D eigenvalue weighted by Crippen LogP contribution is 2.29. The number of aromatic amines is 1. The Labute approximate surface area is 114 Å². The molecular weight excluding hydrogens is 260 g/mol. The van der Waals surface area contributed by atoms with Crippen molar-refractivity contribution in [1.29, 1.82) is 0 Å². The summed E-state index contributed by atoms with van der Waals surface area (Å²) in [4.78, 5) is 42.1. The summed E-state index contributed by atoms with van der Waals surface area (Å²) in [5.41, 5.74) is -0.0787. The average Bonchev–Trinajstić information content (AvgIpc) is 3.12. The molecule has 2 aromatic heterocycles. The Morgan fingerprint density at radius 2 is 2.20 bits per heavy atom. The molecule has 1 N–H and O–H groups in total. The van der Waals surface area contributed by atoms with E-state index in [-0.39, 0.29) is 17.0 Å². The predicted molar refractivity (Wildman–Crippen MR) is 72.6 cm³/mol. The van der Waals surface area contributed by atoms with E-state index in [1.54, 1.807) is 4.57 Å². The minimum atomic E-state index is -0.411. The number of aryl methyl sites for hydroxylation is 1. The van der Waals surface area contributed by atoms with Crippen LogP contribution >= 0.6 is 0 Å². The molecule has 1 aliphatic rings. The molecule has 1 fully saturated rings. The third-order valence-corrected chi connectivity index (χ3v) is 3.60. The first-order valence-electron chi connectivity index (χ1n) is 6.73. The van der Waals surface area contributed by atoms with Crippen molar-refractivity contribution in [1.82, 2.24) is 19.1 Å². The molecule has 0 atom stereocenters. The van der Waals surface area contributed by atoms with Gasteiger partial charge in [0.15, 0.2) is 11.2 Å². The molecular formula is C13H16N4O3. The van der Waals surface area contributed by atoms with Gasteiger partial charge in [-0.2, -0.15) is 0 Å². The first-order chi connectivity index (χ1) is 9.56. The van der Waals surface area contributed by atoms with Crippen molar-refractivity contribution in [3.05, 3.63) is 27.2 Å². The fourth-order valence-electron chi connectivity index (χ4n) is 2.26. The molecule has 2 heterocycles. The van der Waals surface area contributed by atoms with E-state index in [4.69, 9.17) is 0 Å². The summed E-state index contributed by atoms with van der Waals surface area (Å²) in [6.07, 6.45) is 3.96. The van der Waals surface area contributed by atoms with Crippen LogP contribution in [0.4, 0.5) is 0 Å². The van der Waals surface area contributed by atoms with Gasteiger partial charge >= 0.3 is 5.69 Å². The lowest BCUT2D eigenvalue weighted by atomic mass is 10.3. The summed E-state index contributed by atoms with van der Waals surface area (Å²) in [5.74, 6) is 0.481. The van der Waals surface area contributed by atoms with Crippen LogP contribution in [0.15, 0.2) is 15.9 Å². The second-order valence-corrected chi connectivity index (χ2v) is 5.38. The highest BCUT2D eigenvalue weighted by atomic mass is 16.2. The first-order valence-corrected chi connectivity index (χ1v) is 6.73. The van der Waals surface area contributed by atoms with E-state index >= 15 is 0 Å². The van der Waals surface area contributed by atoms with E-state index in [0.29, 0.717) is 30.9 Å². The Morgan fingerprint density at radius 1 is 1.45 bits per heavy atom. The fraction of sp³-hybridized carbons (Fsp3) is 0.538. The molecule has 0 bridgehead atoms. The van der Waals surface area contributed by atoms with Gasteiger partial charge in [-0.25, -0.2) is 9.78 Å². The quantitative estimate of drug-likeness (QED) is 0.849. The van der Waals surface area contributed by atoms with Crippen LogP contribution in [0.3, 0.4) is 0 Å². The molecule has 0 aromatic carbocycles. The van der Waals surface area contributed by atoms with Gasteiger partial charge in [0.25, 0.3) is 5.56 Å². The maximum atomic E-state index is 12.4. The van der Waals surface area contributed by atoms with Crippen LogP contribution in [0, 0.1) is 5.92 Å². The van der Waals surface area contributed by atoms with Gasteiger partial charge in [0.1, 0.15) is 5.78 Å². The van der Waals surface area contributed by atoms with Crippen LogP contribution in [0.25, 0.3) is 11.2 Å². The van der Waals surface area contributed by atoms with E-state index in [1.807, 2.05) is 0 Å². The minimum Gasteiger partial charge on any atom is -0.324 e. The number of hydrogen-bond acceptors (Lipinski definition) is 4. The number of H-pyrrole nitrogens is 1. The van der Waals surface area contributed by atoms with Gasteiger partial charge in [-0.3, -0.25) is 19.1 Å². The zero-order valence-electron chi connectivity index (χ0n) is 11.3. The number of rotatable bonds is 5. The number of aromatic nitrogens is 4. The van der Waals surface area contributed by atoms with E-state index in [0.717, 1.165) is 12.8 Å². The van der Waals surface area contributed by atoms with Gasteiger partial charge in [-0.05, 0) is 25.7 Å². The molecule has 20 heavy (non-hydrogen) atoms. The van der Waals surface area contributed by atoms with Crippen LogP contribution in [0.5, 0.6) is 0 Å². The summed E-state index contributed by atoms with van der Waals surface area (Å²) in [6.45, 7) is 2.37. The molecule has 1 saturated carbocycles. The third kappa shape index (κ3) is 2.31. The Bertz CT molecular complexity index is 779. The largest absolute Gasteiger partial charge is 0.330 e. The molecule has 7 heteroatoms. The van der Waals surface area contributed by atoms with Gasteiger partial charge in [0.2, 0.25) is 0 Å². The zero-order chi connectivity index (χ0) is 14.3. The van der Waals surface area contributed by atoms with Crippen molar-refractivity contribution in [2.45, 2.75) is 39.3 Å². The summed E-state index contributed by atoms with van der Waals surface area (Å²) < 4.78 is 2.88. The van der Waals surface area contributed by atoms with Crippen molar-refractivity contribution in [3.8, 4) is 0 Å². The van der Waals surface area contributed by atoms with E-state index in [1.165, 1.54) is 17.8 Å². The second kappa shape index (κ2) is 4.73. The Kier molecular flexibility index (Phi) is 3.04. The molecule has 7 nitrogen and oxygen atoms in total. The maximum absolute atomic E-state index is 12.4. The van der Waals surface area contributed by atoms with Gasteiger partial charge in [0, 0.05) is 19.5 Å². The van der Waals surface area contributed by atoms with Gasteiger partial charge < -0.3 is 4.57 Å². The Morgan fingerprint density at radius 3 is 2.85 bits per heavy atom.